The van der Waals surface area contributed by atoms with Crippen LogP contribution in [0.25, 0.3) is 0 Å². The fraction of sp³-hybridized carbons (Fsp3) is 1.00. The lowest BCUT2D eigenvalue weighted by Crippen LogP contribution is -2.39. The number of unbranched alkanes of at least 4 members (excludes halogenated alkanes) is 1. The van der Waals surface area contributed by atoms with Gasteiger partial charge in [0.05, 0.1) is 0 Å². The molecule has 0 aromatic heterocycles. The Labute approximate surface area is 115 Å². The third-order valence-electron chi connectivity index (χ3n) is 4.30. The van der Waals surface area contributed by atoms with Crippen LogP contribution in [-0.2, 0) is 0 Å². The van der Waals surface area contributed by atoms with Gasteiger partial charge in [-0.15, -0.1) is 0 Å². The first-order valence-corrected chi connectivity index (χ1v) is 8.25. The molecule has 1 aliphatic heterocycles. The molecule has 18 heavy (non-hydrogen) atoms. The van der Waals surface area contributed by atoms with Crippen molar-refractivity contribution >= 4 is 0 Å². The summed E-state index contributed by atoms with van der Waals surface area (Å²) in [4.78, 5) is 2.74. The zero-order valence-electron chi connectivity index (χ0n) is 12.9. The minimum atomic E-state index is 0.702. The third kappa shape index (κ3) is 6.19. The third-order valence-corrected chi connectivity index (χ3v) is 4.30. The van der Waals surface area contributed by atoms with Gasteiger partial charge in [-0.25, -0.2) is 0 Å². The van der Waals surface area contributed by atoms with E-state index in [9.17, 15) is 0 Å². The summed E-state index contributed by atoms with van der Waals surface area (Å²) < 4.78 is 0. The van der Waals surface area contributed by atoms with Crippen molar-refractivity contribution in [2.45, 2.75) is 84.2 Å². The van der Waals surface area contributed by atoms with Crippen LogP contribution in [0.5, 0.6) is 0 Å². The molecule has 2 atom stereocenters. The standard InChI is InChI=1S/C16H34N2/c1-4-12-17-15(3)10-6-8-13-18-14-9-7-11-16(18)5-2/h15-17H,4-14H2,1-3H3. The summed E-state index contributed by atoms with van der Waals surface area (Å²) in [5.41, 5.74) is 0. The van der Waals surface area contributed by atoms with Crippen molar-refractivity contribution in [2.75, 3.05) is 19.6 Å². The molecule has 0 saturated carbocycles. The Kier molecular flexibility index (Phi) is 8.70. The molecule has 0 radical (unpaired) electrons. The SMILES string of the molecule is CCCNC(C)CCCCN1CCCCC1CC. The second kappa shape index (κ2) is 9.80. The van der Waals surface area contributed by atoms with E-state index in [1.54, 1.807) is 0 Å². The molecule has 2 unspecified atom stereocenters. The Morgan fingerprint density at radius 3 is 2.78 bits per heavy atom. The van der Waals surface area contributed by atoms with E-state index in [2.05, 4.69) is 31.0 Å². The van der Waals surface area contributed by atoms with Gasteiger partial charge in [0.2, 0.25) is 0 Å². The number of nitrogens with one attached hydrogen (secondary N) is 1. The highest BCUT2D eigenvalue weighted by molar-refractivity contribution is 4.75. The maximum Gasteiger partial charge on any atom is 0.00926 e. The van der Waals surface area contributed by atoms with E-state index < -0.39 is 0 Å². The summed E-state index contributed by atoms with van der Waals surface area (Å²) in [6.07, 6.45) is 11.0. The van der Waals surface area contributed by atoms with E-state index >= 15 is 0 Å². The summed E-state index contributed by atoms with van der Waals surface area (Å²) in [5, 5.41) is 3.58. The van der Waals surface area contributed by atoms with Crippen molar-refractivity contribution in [2.24, 2.45) is 0 Å². The molecule has 0 bridgehead atoms. The molecule has 0 spiro atoms. The van der Waals surface area contributed by atoms with E-state index in [1.807, 2.05) is 0 Å². The molecule has 1 fully saturated rings. The number of rotatable bonds is 9. The van der Waals surface area contributed by atoms with Crippen LogP contribution in [0.4, 0.5) is 0 Å². The molecule has 0 aliphatic carbocycles. The van der Waals surface area contributed by atoms with E-state index in [1.165, 1.54) is 71.0 Å². The van der Waals surface area contributed by atoms with Crippen LogP contribution >= 0.6 is 0 Å². The van der Waals surface area contributed by atoms with Gasteiger partial charge in [0.1, 0.15) is 0 Å². The number of piperidine rings is 1. The van der Waals surface area contributed by atoms with Crippen molar-refractivity contribution in [1.29, 1.82) is 0 Å². The summed E-state index contributed by atoms with van der Waals surface area (Å²) in [6.45, 7) is 10.8. The summed E-state index contributed by atoms with van der Waals surface area (Å²) in [6, 6.07) is 1.59. The second-order valence-corrected chi connectivity index (χ2v) is 5.94. The lowest BCUT2D eigenvalue weighted by molar-refractivity contribution is 0.141. The first-order chi connectivity index (χ1) is 8.77. The summed E-state index contributed by atoms with van der Waals surface area (Å²) >= 11 is 0. The molecule has 0 aromatic rings. The first kappa shape index (κ1) is 16.0. The predicted molar refractivity (Wildman–Crippen MR) is 81.1 cm³/mol. The van der Waals surface area contributed by atoms with Crippen molar-refractivity contribution in [1.82, 2.24) is 10.2 Å². The lowest BCUT2D eigenvalue weighted by atomic mass is 9.99. The number of hydrogen-bond donors (Lipinski definition) is 1. The molecule has 0 aromatic carbocycles. The van der Waals surface area contributed by atoms with E-state index in [0.29, 0.717) is 6.04 Å². The van der Waals surface area contributed by atoms with Crippen LogP contribution in [-0.4, -0.2) is 36.6 Å². The van der Waals surface area contributed by atoms with Crippen molar-refractivity contribution in [3.63, 3.8) is 0 Å². The number of likely N-dealkylation sites (tertiary alicyclic amines) is 1. The van der Waals surface area contributed by atoms with E-state index in [-0.39, 0.29) is 0 Å². The van der Waals surface area contributed by atoms with Crippen LogP contribution in [0.1, 0.15) is 72.1 Å². The fourth-order valence-corrected chi connectivity index (χ4v) is 3.07. The monoisotopic (exact) mass is 254 g/mol. The smallest absolute Gasteiger partial charge is 0.00926 e. The Bertz CT molecular complexity index is 194. The quantitative estimate of drug-likeness (QED) is 0.629. The van der Waals surface area contributed by atoms with Gasteiger partial charge < -0.3 is 10.2 Å². The van der Waals surface area contributed by atoms with Crippen molar-refractivity contribution < 1.29 is 0 Å². The minimum absolute atomic E-state index is 0.702. The molecule has 1 N–H and O–H groups in total. The molecular formula is C16H34N2. The van der Waals surface area contributed by atoms with Crippen molar-refractivity contribution in [3.8, 4) is 0 Å². The number of nitrogens with zero attached hydrogens (tertiary/aromatic N) is 1. The molecule has 1 rings (SSSR count). The van der Waals surface area contributed by atoms with Gasteiger partial charge in [0.25, 0.3) is 0 Å². The molecular weight excluding hydrogens is 220 g/mol. The van der Waals surface area contributed by atoms with Gasteiger partial charge >= 0.3 is 0 Å². The Hall–Kier alpha value is -0.0800. The highest BCUT2D eigenvalue weighted by atomic mass is 15.2. The van der Waals surface area contributed by atoms with Crippen LogP contribution in [0.3, 0.4) is 0 Å². The normalized spacial score (nSPS) is 23.2. The molecule has 108 valence electrons. The summed E-state index contributed by atoms with van der Waals surface area (Å²) in [7, 11) is 0. The van der Waals surface area contributed by atoms with Crippen LogP contribution in [0.15, 0.2) is 0 Å². The van der Waals surface area contributed by atoms with Crippen LogP contribution in [0.2, 0.25) is 0 Å². The number of hydrogen-bond acceptors (Lipinski definition) is 2. The minimum Gasteiger partial charge on any atom is -0.314 e. The average molecular weight is 254 g/mol. The van der Waals surface area contributed by atoms with Gasteiger partial charge in [-0.2, -0.15) is 0 Å². The van der Waals surface area contributed by atoms with E-state index in [4.69, 9.17) is 0 Å². The largest absolute Gasteiger partial charge is 0.314 e. The molecule has 0 amide bonds. The molecule has 1 heterocycles. The Morgan fingerprint density at radius 2 is 2.06 bits per heavy atom. The Balaban J connectivity index is 2.05. The second-order valence-electron chi connectivity index (χ2n) is 5.94. The highest BCUT2D eigenvalue weighted by Crippen LogP contribution is 2.19. The molecule has 2 heteroatoms. The van der Waals surface area contributed by atoms with Crippen molar-refractivity contribution in [3.05, 3.63) is 0 Å². The lowest BCUT2D eigenvalue weighted by Gasteiger charge is -2.35. The Morgan fingerprint density at radius 1 is 1.22 bits per heavy atom. The maximum absolute atomic E-state index is 3.58. The van der Waals surface area contributed by atoms with Crippen LogP contribution < -0.4 is 5.32 Å². The topological polar surface area (TPSA) is 15.3 Å². The summed E-state index contributed by atoms with van der Waals surface area (Å²) in [5.74, 6) is 0. The van der Waals surface area contributed by atoms with Gasteiger partial charge in [-0.05, 0) is 65.1 Å². The molecule has 2 nitrogen and oxygen atoms in total. The fourth-order valence-electron chi connectivity index (χ4n) is 3.07. The van der Waals surface area contributed by atoms with Crippen LogP contribution in [0, 0.1) is 0 Å². The van der Waals surface area contributed by atoms with Gasteiger partial charge in [-0.1, -0.05) is 26.7 Å². The zero-order chi connectivity index (χ0) is 13.2. The van der Waals surface area contributed by atoms with Gasteiger partial charge in [0, 0.05) is 12.1 Å². The zero-order valence-corrected chi connectivity index (χ0v) is 12.9. The average Bonchev–Trinajstić information content (AvgIpc) is 2.41. The predicted octanol–water partition coefficient (Wildman–Crippen LogP) is 3.81. The molecule has 1 saturated heterocycles. The van der Waals surface area contributed by atoms with Gasteiger partial charge in [-0.3, -0.25) is 0 Å². The molecule has 1 aliphatic rings. The van der Waals surface area contributed by atoms with E-state index in [0.717, 1.165) is 6.04 Å². The highest BCUT2D eigenvalue weighted by Gasteiger charge is 2.19. The first-order valence-electron chi connectivity index (χ1n) is 8.25. The van der Waals surface area contributed by atoms with Gasteiger partial charge in [0.15, 0.2) is 0 Å². The maximum atomic E-state index is 3.58.